The van der Waals surface area contributed by atoms with E-state index in [9.17, 15) is 5.11 Å². The van der Waals surface area contributed by atoms with Crippen LogP contribution in [0.2, 0.25) is 0 Å². The van der Waals surface area contributed by atoms with E-state index in [-0.39, 0.29) is 0 Å². The number of aromatic hydroxyl groups is 1. The lowest BCUT2D eigenvalue weighted by molar-refractivity contribution is 0.475. The third kappa shape index (κ3) is 2.82. The second-order valence-corrected chi connectivity index (χ2v) is 2.97. The average Bonchev–Trinajstić information content (AvgIpc) is 2.14. The summed E-state index contributed by atoms with van der Waals surface area (Å²) in [6.45, 7) is 2.86. The lowest BCUT2D eigenvalue weighted by Crippen LogP contribution is -2.16. The quantitative estimate of drug-likeness (QED) is 0.717. The van der Waals surface area contributed by atoms with Gasteiger partial charge < -0.3 is 10.0 Å². The van der Waals surface area contributed by atoms with Crippen molar-refractivity contribution in [1.29, 1.82) is 0 Å². The van der Waals surface area contributed by atoms with E-state index < -0.39 is 0 Å². The molecule has 0 atom stereocenters. The Labute approximate surface area is 79.1 Å². The van der Waals surface area contributed by atoms with E-state index in [2.05, 4.69) is 11.0 Å². The van der Waals surface area contributed by atoms with Crippen LogP contribution in [0.3, 0.4) is 0 Å². The molecule has 0 saturated heterocycles. The lowest BCUT2D eigenvalue weighted by Gasteiger charge is -2.16. The summed E-state index contributed by atoms with van der Waals surface area (Å²) in [4.78, 5) is 2.07. The normalized spacial score (nSPS) is 10.6. The van der Waals surface area contributed by atoms with Crippen LogP contribution in [0, 0.1) is 0 Å². The molecule has 70 valence electrons. The topological polar surface area (TPSA) is 23.5 Å². The van der Waals surface area contributed by atoms with Crippen LogP contribution >= 0.6 is 0 Å². The molecule has 0 amide bonds. The number of allylic oxidation sites excluding steroid dienone is 1. The molecule has 0 aliphatic rings. The van der Waals surface area contributed by atoms with Crippen LogP contribution in [0.15, 0.2) is 36.4 Å². The van der Waals surface area contributed by atoms with Crippen molar-refractivity contribution in [3.8, 4) is 5.75 Å². The maximum Gasteiger partial charge on any atom is 0.117 e. The number of hydrogen-bond acceptors (Lipinski definition) is 2. The molecule has 1 aromatic rings. The maximum atomic E-state index is 9.24. The second kappa shape index (κ2) is 4.55. The molecule has 13 heavy (non-hydrogen) atoms. The van der Waals surface area contributed by atoms with Crippen molar-refractivity contribution >= 4 is 5.69 Å². The second-order valence-electron chi connectivity index (χ2n) is 2.97. The van der Waals surface area contributed by atoms with Crippen molar-refractivity contribution in [1.82, 2.24) is 0 Å². The van der Waals surface area contributed by atoms with Gasteiger partial charge in [-0.2, -0.15) is 0 Å². The SMILES string of the molecule is C/C=C/CN(C)c1cccc(O)c1. The summed E-state index contributed by atoms with van der Waals surface area (Å²) in [7, 11) is 1.99. The molecule has 0 unspecified atom stereocenters. The van der Waals surface area contributed by atoms with E-state index in [1.165, 1.54) is 0 Å². The van der Waals surface area contributed by atoms with Crippen molar-refractivity contribution < 1.29 is 5.11 Å². The highest BCUT2D eigenvalue weighted by atomic mass is 16.3. The fourth-order valence-corrected chi connectivity index (χ4v) is 1.10. The molecular formula is C11H15NO. The molecular weight excluding hydrogens is 162 g/mol. The Morgan fingerprint density at radius 2 is 2.23 bits per heavy atom. The van der Waals surface area contributed by atoms with E-state index >= 15 is 0 Å². The molecule has 0 aromatic heterocycles. The minimum Gasteiger partial charge on any atom is -0.508 e. The summed E-state index contributed by atoms with van der Waals surface area (Å²) in [6, 6.07) is 7.25. The number of rotatable bonds is 3. The Hall–Kier alpha value is -1.44. The molecule has 0 aliphatic carbocycles. The number of phenols is 1. The Morgan fingerprint density at radius 1 is 1.46 bits per heavy atom. The molecule has 0 saturated carbocycles. The molecule has 0 radical (unpaired) electrons. The fourth-order valence-electron chi connectivity index (χ4n) is 1.10. The Bertz CT molecular complexity index is 294. The zero-order valence-electron chi connectivity index (χ0n) is 8.07. The molecule has 1 rings (SSSR count). The zero-order chi connectivity index (χ0) is 9.68. The van der Waals surface area contributed by atoms with E-state index in [0.29, 0.717) is 5.75 Å². The van der Waals surface area contributed by atoms with Crippen LogP contribution in [-0.4, -0.2) is 18.7 Å². The number of anilines is 1. The third-order valence-electron chi connectivity index (χ3n) is 1.89. The number of benzene rings is 1. The summed E-state index contributed by atoms with van der Waals surface area (Å²) in [6.07, 6.45) is 4.09. The van der Waals surface area contributed by atoms with Gasteiger partial charge in [0.1, 0.15) is 5.75 Å². The first-order valence-corrected chi connectivity index (χ1v) is 4.35. The highest BCUT2D eigenvalue weighted by molar-refractivity contribution is 5.50. The van der Waals surface area contributed by atoms with Crippen molar-refractivity contribution in [3.63, 3.8) is 0 Å². The molecule has 0 aliphatic heterocycles. The summed E-state index contributed by atoms with van der Waals surface area (Å²) >= 11 is 0. The van der Waals surface area contributed by atoms with Crippen molar-refractivity contribution in [2.75, 3.05) is 18.5 Å². The van der Waals surface area contributed by atoms with Crippen molar-refractivity contribution in [3.05, 3.63) is 36.4 Å². The van der Waals surface area contributed by atoms with E-state index in [4.69, 9.17) is 0 Å². The predicted molar refractivity (Wildman–Crippen MR) is 56.2 cm³/mol. The number of phenolic OH excluding ortho intramolecular Hbond substituents is 1. The number of likely N-dealkylation sites (N-methyl/N-ethyl adjacent to an activating group) is 1. The Kier molecular flexibility index (Phi) is 3.38. The fraction of sp³-hybridized carbons (Fsp3) is 0.273. The Morgan fingerprint density at radius 3 is 2.85 bits per heavy atom. The lowest BCUT2D eigenvalue weighted by atomic mass is 10.3. The van der Waals surface area contributed by atoms with Crippen molar-refractivity contribution in [2.24, 2.45) is 0 Å². The number of nitrogens with zero attached hydrogens (tertiary/aromatic N) is 1. The van der Waals surface area contributed by atoms with Crippen LogP contribution in [0.5, 0.6) is 5.75 Å². The molecule has 1 aromatic carbocycles. The van der Waals surface area contributed by atoms with Crippen LogP contribution in [-0.2, 0) is 0 Å². The van der Waals surface area contributed by atoms with Crippen LogP contribution < -0.4 is 4.90 Å². The van der Waals surface area contributed by atoms with Gasteiger partial charge in [-0.15, -0.1) is 0 Å². The van der Waals surface area contributed by atoms with Crippen LogP contribution in [0.4, 0.5) is 5.69 Å². The first kappa shape index (κ1) is 9.65. The van der Waals surface area contributed by atoms with Gasteiger partial charge in [0.15, 0.2) is 0 Å². The summed E-state index contributed by atoms with van der Waals surface area (Å²) in [5.74, 6) is 0.310. The monoisotopic (exact) mass is 177 g/mol. The summed E-state index contributed by atoms with van der Waals surface area (Å²) in [5.41, 5.74) is 1.03. The first-order chi connectivity index (χ1) is 6.24. The first-order valence-electron chi connectivity index (χ1n) is 4.35. The van der Waals surface area contributed by atoms with E-state index in [0.717, 1.165) is 12.2 Å². The average molecular weight is 177 g/mol. The van der Waals surface area contributed by atoms with Gasteiger partial charge in [0, 0.05) is 25.3 Å². The zero-order valence-corrected chi connectivity index (χ0v) is 8.07. The minimum absolute atomic E-state index is 0.310. The van der Waals surface area contributed by atoms with E-state index in [1.54, 1.807) is 12.1 Å². The summed E-state index contributed by atoms with van der Waals surface area (Å²) < 4.78 is 0. The molecule has 0 heterocycles. The van der Waals surface area contributed by atoms with Gasteiger partial charge in [-0.05, 0) is 19.1 Å². The van der Waals surface area contributed by atoms with Crippen LogP contribution in [0.25, 0.3) is 0 Å². The minimum atomic E-state index is 0.310. The molecule has 0 bridgehead atoms. The third-order valence-corrected chi connectivity index (χ3v) is 1.89. The maximum absolute atomic E-state index is 9.24. The van der Waals surface area contributed by atoms with Crippen LogP contribution in [0.1, 0.15) is 6.92 Å². The van der Waals surface area contributed by atoms with Gasteiger partial charge in [-0.3, -0.25) is 0 Å². The van der Waals surface area contributed by atoms with Gasteiger partial charge in [0.05, 0.1) is 0 Å². The summed E-state index contributed by atoms with van der Waals surface area (Å²) in [5, 5.41) is 9.24. The number of hydrogen-bond donors (Lipinski definition) is 1. The van der Waals surface area contributed by atoms with Gasteiger partial charge in [-0.1, -0.05) is 18.2 Å². The van der Waals surface area contributed by atoms with Gasteiger partial charge in [0.25, 0.3) is 0 Å². The predicted octanol–water partition coefficient (Wildman–Crippen LogP) is 2.40. The Balaban J connectivity index is 2.70. The molecule has 2 nitrogen and oxygen atoms in total. The van der Waals surface area contributed by atoms with Gasteiger partial charge in [-0.25, -0.2) is 0 Å². The van der Waals surface area contributed by atoms with Gasteiger partial charge >= 0.3 is 0 Å². The van der Waals surface area contributed by atoms with Crippen molar-refractivity contribution in [2.45, 2.75) is 6.92 Å². The van der Waals surface area contributed by atoms with Gasteiger partial charge in [0.2, 0.25) is 0 Å². The smallest absolute Gasteiger partial charge is 0.117 e. The highest BCUT2D eigenvalue weighted by Crippen LogP contribution is 2.18. The molecule has 0 spiro atoms. The molecule has 2 heteroatoms. The largest absolute Gasteiger partial charge is 0.508 e. The standard InChI is InChI=1S/C11H15NO/c1-3-4-8-12(2)10-6-5-7-11(13)9-10/h3-7,9,13H,8H2,1-2H3/b4-3+. The van der Waals surface area contributed by atoms with E-state index in [1.807, 2.05) is 32.2 Å². The highest BCUT2D eigenvalue weighted by Gasteiger charge is 1.98. The molecule has 0 fully saturated rings. The molecule has 1 N–H and O–H groups in total.